The Morgan fingerprint density at radius 3 is 2.47 bits per heavy atom. The lowest BCUT2D eigenvalue weighted by atomic mass is 10.0. The van der Waals surface area contributed by atoms with E-state index in [-0.39, 0.29) is 33.5 Å². The average molecular weight is 513 g/mol. The highest BCUT2D eigenvalue weighted by Crippen LogP contribution is 2.34. The Kier molecular flexibility index (Phi) is 7.40. The molecule has 0 saturated heterocycles. The summed E-state index contributed by atoms with van der Waals surface area (Å²) >= 11 is 19.3. The van der Waals surface area contributed by atoms with Crippen LogP contribution in [0, 0.1) is 0 Å². The molecule has 1 aliphatic rings. The van der Waals surface area contributed by atoms with Crippen LogP contribution in [0.1, 0.15) is 53.5 Å². The van der Waals surface area contributed by atoms with Gasteiger partial charge >= 0.3 is 0 Å². The maximum Gasteiger partial charge on any atom is 0.276 e. The number of hydrogen-bond acceptors (Lipinski definition) is 5. The van der Waals surface area contributed by atoms with Gasteiger partial charge in [-0.05, 0) is 54.2 Å². The Morgan fingerprint density at radius 1 is 1.16 bits per heavy atom. The third kappa shape index (κ3) is 5.12. The molecule has 10 heteroatoms. The molecule has 2 heterocycles. The normalized spacial score (nSPS) is 15.0. The Bertz CT molecular complexity index is 1080. The second kappa shape index (κ2) is 10.3. The van der Waals surface area contributed by atoms with Gasteiger partial charge in [0.25, 0.3) is 5.91 Å². The molecule has 1 fully saturated rings. The van der Waals surface area contributed by atoms with Gasteiger partial charge in [0, 0.05) is 11.1 Å². The number of carbonyl (C=O) groups is 2. The summed E-state index contributed by atoms with van der Waals surface area (Å²) in [5, 5.41) is 3.70. The van der Waals surface area contributed by atoms with Crippen molar-refractivity contribution in [3.05, 3.63) is 74.1 Å². The van der Waals surface area contributed by atoms with Crippen LogP contribution in [-0.4, -0.2) is 27.1 Å². The number of rotatable bonds is 7. The van der Waals surface area contributed by atoms with Gasteiger partial charge in [-0.2, -0.15) is 4.37 Å². The molecule has 168 valence electrons. The highest BCUT2D eigenvalue weighted by molar-refractivity contribution is 7.11. The summed E-state index contributed by atoms with van der Waals surface area (Å²) in [6.45, 7) is 0.0443. The SMILES string of the molecule is O=C(NC1CCCC1)[C@H](c1ccc(Cl)cc1)N(Cc1ccco1)C(=O)c1nsc(Cl)c1Cl. The zero-order chi connectivity index (χ0) is 22.7. The van der Waals surface area contributed by atoms with Crippen LogP contribution in [0.5, 0.6) is 0 Å². The van der Waals surface area contributed by atoms with Crippen LogP contribution in [0.15, 0.2) is 47.1 Å². The molecule has 1 aromatic carbocycles. The summed E-state index contributed by atoms with van der Waals surface area (Å²) in [6, 6.07) is 9.45. The minimum atomic E-state index is -0.943. The Labute approximate surface area is 204 Å². The molecule has 1 saturated carbocycles. The van der Waals surface area contributed by atoms with Crippen molar-refractivity contribution in [3.8, 4) is 0 Å². The fraction of sp³-hybridized carbons (Fsp3) is 0.318. The lowest BCUT2D eigenvalue weighted by Crippen LogP contribution is -2.46. The van der Waals surface area contributed by atoms with E-state index in [1.54, 1.807) is 36.4 Å². The fourth-order valence-corrected chi connectivity index (χ4v) is 4.96. The number of furan rings is 1. The summed E-state index contributed by atoms with van der Waals surface area (Å²) in [6.07, 6.45) is 5.48. The largest absolute Gasteiger partial charge is 0.467 e. The van der Waals surface area contributed by atoms with E-state index in [9.17, 15) is 9.59 Å². The summed E-state index contributed by atoms with van der Waals surface area (Å²) in [7, 11) is 0. The van der Waals surface area contributed by atoms with Gasteiger partial charge in [-0.3, -0.25) is 9.59 Å². The molecule has 0 radical (unpaired) electrons. The lowest BCUT2D eigenvalue weighted by Gasteiger charge is -2.31. The topological polar surface area (TPSA) is 75.4 Å². The van der Waals surface area contributed by atoms with Crippen LogP contribution >= 0.6 is 46.3 Å². The number of aromatic nitrogens is 1. The van der Waals surface area contributed by atoms with E-state index >= 15 is 0 Å². The van der Waals surface area contributed by atoms with Crippen molar-refractivity contribution in [2.45, 2.75) is 44.3 Å². The first kappa shape index (κ1) is 23.1. The van der Waals surface area contributed by atoms with Crippen LogP contribution < -0.4 is 5.32 Å². The van der Waals surface area contributed by atoms with Crippen molar-refractivity contribution in [2.24, 2.45) is 0 Å². The van der Waals surface area contributed by atoms with Gasteiger partial charge in [0.2, 0.25) is 5.91 Å². The van der Waals surface area contributed by atoms with E-state index in [0.29, 0.717) is 16.3 Å². The molecular weight excluding hydrogens is 493 g/mol. The molecule has 6 nitrogen and oxygen atoms in total. The van der Waals surface area contributed by atoms with Crippen molar-refractivity contribution in [2.75, 3.05) is 0 Å². The Balaban J connectivity index is 1.75. The van der Waals surface area contributed by atoms with Crippen LogP contribution in [-0.2, 0) is 11.3 Å². The van der Waals surface area contributed by atoms with E-state index in [1.807, 2.05) is 0 Å². The molecule has 3 aromatic rings. The van der Waals surface area contributed by atoms with Crippen molar-refractivity contribution >= 4 is 58.1 Å². The number of nitrogens with zero attached hydrogens (tertiary/aromatic N) is 2. The van der Waals surface area contributed by atoms with Crippen LogP contribution in [0.3, 0.4) is 0 Å². The molecule has 4 rings (SSSR count). The van der Waals surface area contributed by atoms with Crippen LogP contribution in [0.25, 0.3) is 0 Å². The first-order valence-electron chi connectivity index (χ1n) is 10.1. The van der Waals surface area contributed by atoms with Crippen molar-refractivity contribution in [3.63, 3.8) is 0 Å². The van der Waals surface area contributed by atoms with E-state index in [4.69, 9.17) is 39.2 Å². The van der Waals surface area contributed by atoms with Crippen LogP contribution in [0.2, 0.25) is 14.4 Å². The molecule has 0 aliphatic heterocycles. The first-order valence-corrected chi connectivity index (χ1v) is 12.0. The standard InChI is InChI=1S/C22H20Cl3N3O3S/c23-14-9-7-13(8-10-14)19(21(29)26-15-4-1-2-5-15)28(12-16-6-3-11-31-16)22(30)18-17(24)20(25)32-27-18/h3,6-11,15,19H,1-2,4-5,12H2,(H,26,29)/t19-/m0/s1. The first-order chi connectivity index (χ1) is 15.4. The maximum absolute atomic E-state index is 13.6. The molecular formula is C22H20Cl3N3O3S. The molecule has 0 unspecified atom stereocenters. The Morgan fingerprint density at radius 2 is 1.88 bits per heavy atom. The average Bonchev–Trinajstić information content (AvgIpc) is 3.53. The number of hydrogen-bond donors (Lipinski definition) is 1. The van der Waals surface area contributed by atoms with Crippen molar-refractivity contribution in [1.29, 1.82) is 0 Å². The van der Waals surface area contributed by atoms with Gasteiger partial charge in [-0.25, -0.2) is 0 Å². The summed E-state index contributed by atoms with van der Waals surface area (Å²) in [4.78, 5) is 28.5. The fourth-order valence-electron chi connectivity index (χ4n) is 3.85. The molecule has 32 heavy (non-hydrogen) atoms. The molecule has 0 bridgehead atoms. The van der Waals surface area contributed by atoms with Crippen LogP contribution in [0.4, 0.5) is 0 Å². The monoisotopic (exact) mass is 511 g/mol. The van der Waals surface area contributed by atoms with Gasteiger partial charge in [-0.15, -0.1) is 0 Å². The number of carbonyl (C=O) groups excluding carboxylic acids is 2. The van der Waals surface area contributed by atoms with Crippen molar-refractivity contribution in [1.82, 2.24) is 14.6 Å². The second-order valence-electron chi connectivity index (χ2n) is 7.58. The quantitative estimate of drug-likeness (QED) is 0.413. The molecule has 2 amide bonds. The van der Waals surface area contributed by atoms with Gasteiger partial charge in [0.1, 0.15) is 21.2 Å². The number of nitrogens with one attached hydrogen (secondary N) is 1. The highest BCUT2D eigenvalue weighted by Gasteiger charge is 2.36. The predicted octanol–water partition coefficient (Wildman–Crippen LogP) is 6.14. The van der Waals surface area contributed by atoms with Gasteiger partial charge in [0.15, 0.2) is 5.69 Å². The van der Waals surface area contributed by atoms with E-state index in [1.165, 1.54) is 11.2 Å². The minimum Gasteiger partial charge on any atom is -0.467 e. The highest BCUT2D eigenvalue weighted by atomic mass is 35.5. The van der Waals surface area contributed by atoms with E-state index < -0.39 is 11.9 Å². The molecule has 0 spiro atoms. The van der Waals surface area contributed by atoms with Gasteiger partial charge in [0.05, 0.1) is 12.8 Å². The summed E-state index contributed by atoms with van der Waals surface area (Å²) < 4.78 is 9.82. The maximum atomic E-state index is 13.6. The number of benzene rings is 1. The molecule has 2 aromatic heterocycles. The third-order valence-electron chi connectivity index (χ3n) is 5.41. The summed E-state index contributed by atoms with van der Waals surface area (Å²) in [5.41, 5.74) is 0.614. The zero-order valence-electron chi connectivity index (χ0n) is 16.9. The van der Waals surface area contributed by atoms with E-state index in [0.717, 1.165) is 37.2 Å². The molecule has 1 atom stereocenters. The number of amides is 2. The third-order valence-corrected chi connectivity index (χ3v) is 7.28. The van der Waals surface area contributed by atoms with Gasteiger partial charge in [-0.1, -0.05) is 59.8 Å². The minimum absolute atomic E-state index is 0.000790. The molecule has 1 N–H and O–H groups in total. The summed E-state index contributed by atoms with van der Waals surface area (Å²) in [5.74, 6) is -0.281. The number of halogens is 3. The van der Waals surface area contributed by atoms with Gasteiger partial charge < -0.3 is 14.6 Å². The Hall–Kier alpha value is -2.06. The zero-order valence-corrected chi connectivity index (χ0v) is 20.0. The van der Waals surface area contributed by atoms with E-state index in [2.05, 4.69) is 9.69 Å². The lowest BCUT2D eigenvalue weighted by molar-refractivity contribution is -0.126. The van der Waals surface area contributed by atoms with Crippen molar-refractivity contribution < 1.29 is 14.0 Å². The second-order valence-corrected chi connectivity index (χ2v) is 9.77. The smallest absolute Gasteiger partial charge is 0.276 e. The predicted molar refractivity (Wildman–Crippen MR) is 125 cm³/mol. The molecule has 1 aliphatic carbocycles.